The van der Waals surface area contributed by atoms with E-state index in [1.54, 1.807) is 0 Å². The van der Waals surface area contributed by atoms with E-state index in [2.05, 4.69) is 133 Å². The van der Waals surface area contributed by atoms with Gasteiger partial charge < -0.3 is 0 Å². The van der Waals surface area contributed by atoms with Crippen LogP contribution in [0.1, 0.15) is 11.1 Å². The van der Waals surface area contributed by atoms with Gasteiger partial charge in [-0.15, -0.1) is 0 Å². The molecule has 0 aliphatic heterocycles. The van der Waals surface area contributed by atoms with Gasteiger partial charge in [0.25, 0.3) is 0 Å². The summed E-state index contributed by atoms with van der Waals surface area (Å²) in [5, 5.41) is 18.3. The molecular formula is C41H24. The fourth-order valence-corrected chi connectivity index (χ4v) is 7.33. The summed E-state index contributed by atoms with van der Waals surface area (Å²) >= 11 is 0. The second-order valence-electron chi connectivity index (χ2n) is 11.9. The summed E-state index contributed by atoms with van der Waals surface area (Å²) in [5.74, 6) is 0. The van der Waals surface area contributed by atoms with Crippen LogP contribution in [0, 0.1) is 0 Å². The number of hydrogen-bond donors (Lipinski definition) is 0. The normalized spacial score (nSPS) is 12.8. The first-order chi connectivity index (χ1) is 20.2. The van der Waals surface area contributed by atoms with Crippen LogP contribution in [0.25, 0.3) is 86.5 Å². The van der Waals surface area contributed by atoms with Crippen LogP contribution < -0.4 is 0 Å². The Labute approximate surface area is 237 Å². The van der Waals surface area contributed by atoms with E-state index in [-0.39, 0.29) is 0 Å². The van der Waals surface area contributed by atoms with Gasteiger partial charge >= 0.3 is 0 Å². The Morgan fingerprint density at radius 1 is 0.244 bits per heavy atom. The molecule has 0 bridgehead atoms. The molecule has 10 rings (SSSR count). The highest BCUT2D eigenvalue weighted by Crippen LogP contribution is 2.42. The fourth-order valence-electron chi connectivity index (χ4n) is 7.33. The van der Waals surface area contributed by atoms with E-state index in [0.29, 0.717) is 0 Å². The minimum Gasteiger partial charge on any atom is -0.0616 e. The van der Waals surface area contributed by atoms with Crippen LogP contribution in [0.3, 0.4) is 0 Å². The van der Waals surface area contributed by atoms with Gasteiger partial charge in [-0.1, -0.05) is 60.7 Å². The monoisotopic (exact) mass is 516 g/mol. The highest BCUT2D eigenvalue weighted by Gasteiger charge is 2.20. The lowest BCUT2D eigenvalue weighted by Crippen LogP contribution is -1.84. The Morgan fingerprint density at radius 3 is 0.805 bits per heavy atom. The maximum atomic E-state index is 2.43. The topological polar surface area (TPSA) is 0 Å². The van der Waals surface area contributed by atoms with Gasteiger partial charge in [0.2, 0.25) is 0 Å². The van der Waals surface area contributed by atoms with Gasteiger partial charge in [0.05, 0.1) is 0 Å². The summed E-state index contributed by atoms with van der Waals surface area (Å²) in [6.45, 7) is 0. The Kier molecular flexibility index (Phi) is 4.06. The number of hydrogen-bond acceptors (Lipinski definition) is 0. The third kappa shape index (κ3) is 3.16. The molecular weight excluding hydrogens is 492 g/mol. The van der Waals surface area contributed by atoms with Crippen molar-refractivity contribution in [1.29, 1.82) is 0 Å². The lowest BCUT2D eigenvalue weighted by molar-refractivity contribution is 1.28. The van der Waals surface area contributed by atoms with E-state index >= 15 is 0 Å². The second-order valence-corrected chi connectivity index (χ2v) is 11.9. The molecule has 0 N–H and O–H groups in total. The Morgan fingerprint density at radius 2 is 0.488 bits per heavy atom. The van der Waals surface area contributed by atoms with E-state index in [0.717, 1.165) is 6.42 Å². The lowest BCUT2D eigenvalue weighted by Gasteiger charge is -2.10. The summed E-state index contributed by atoms with van der Waals surface area (Å²) in [5.41, 5.74) is 5.65. The third-order valence-electron chi connectivity index (χ3n) is 9.39. The smallest absolute Gasteiger partial charge is 0.00130 e. The SMILES string of the molecule is c1ccc2cc3cc4c(cc3cc2c1)Cc1cc2cc3cc5cc6cc7ccccc7cc6cc5cc3cc2cc1-4. The molecule has 1 aliphatic rings. The second kappa shape index (κ2) is 7.71. The van der Waals surface area contributed by atoms with Gasteiger partial charge in [-0.05, 0) is 177 Å². The third-order valence-corrected chi connectivity index (χ3v) is 9.39. The predicted octanol–water partition coefficient (Wildman–Crippen LogP) is 11.3. The maximum absolute atomic E-state index is 2.43. The van der Waals surface area contributed by atoms with Crippen molar-refractivity contribution >= 4 is 75.4 Å². The molecule has 0 amide bonds. The largest absolute Gasteiger partial charge is 0.0616 e. The molecule has 0 heteroatoms. The molecule has 1 aliphatic carbocycles. The van der Waals surface area contributed by atoms with Crippen LogP contribution in [0.5, 0.6) is 0 Å². The summed E-state index contributed by atoms with van der Waals surface area (Å²) in [4.78, 5) is 0. The molecule has 0 unspecified atom stereocenters. The van der Waals surface area contributed by atoms with Crippen LogP contribution in [-0.2, 0) is 6.42 Å². The van der Waals surface area contributed by atoms with E-state index < -0.39 is 0 Å². The van der Waals surface area contributed by atoms with Crippen molar-refractivity contribution in [2.75, 3.05) is 0 Å². The van der Waals surface area contributed by atoms with Crippen LogP contribution in [0.2, 0.25) is 0 Å². The van der Waals surface area contributed by atoms with E-state index in [1.165, 1.54) is 97.7 Å². The molecule has 0 nitrogen and oxygen atoms in total. The van der Waals surface area contributed by atoms with Gasteiger partial charge in [0.1, 0.15) is 0 Å². The van der Waals surface area contributed by atoms with E-state index in [9.17, 15) is 0 Å². The molecule has 41 heavy (non-hydrogen) atoms. The average Bonchev–Trinajstić information content (AvgIpc) is 3.33. The molecule has 0 saturated heterocycles. The number of benzene rings is 9. The summed E-state index contributed by atoms with van der Waals surface area (Å²) in [7, 11) is 0. The van der Waals surface area contributed by atoms with Crippen molar-refractivity contribution in [3.8, 4) is 11.1 Å². The minimum absolute atomic E-state index is 0.999. The summed E-state index contributed by atoms with van der Waals surface area (Å²) in [6.07, 6.45) is 0.999. The van der Waals surface area contributed by atoms with Crippen LogP contribution in [-0.4, -0.2) is 0 Å². The number of fused-ring (bicyclic) bond motifs is 10. The Balaban J connectivity index is 1.16. The lowest BCUT2D eigenvalue weighted by atomic mass is 9.94. The van der Waals surface area contributed by atoms with Gasteiger partial charge in [0, 0.05) is 0 Å². The number of rotatable bonds is 0. The van der Waals surface area contributed by atoms with Crippen molar-refractivity contribution in [1.82, 2.24) is 0 Å². The van der Waals surface area contributed by atoms with Gasteiger partial charge in [-0.25, -0.2) is 0 Å². The Hall–Kier alpha value is -5.20. The molecule has 9 aromatic carbocycles. The van der Waals surface area contributed by atoms with Crippen LogP contribution in [0.15, 0.2) is 133 Å². The average molecular weight is 517 g/mol. The molecule has 0 radical (unpaired) electrons. The zero-order chi connectivity index (χ0) is 26.7. The standard InChI is InChI=1S/C41H24/c1-2-6-25-10-29-14-32-16-34-18-37-23-41-39(20-35(37)17-33(34)15-31(32)13-28(29)9-24(25)5-1)21-38-19-30-11-26-7-3-4-8-27(26)12-36(30)22-40(38)41/h1-20,22-23H,21H2. The summed E-state index contributed by atoms with van der Waals surface area (Å²) in [6, 6.07) is 50.6. The molecule has 0 fully saturated rings. The molecule has 9 aromatic rings. The van der Waals surface area contributed by atoms with E-state index in [4.69, 9.17) is 0 Å². The maximum Gasteiger partial charge on any atom is -0.00130 e. The fraction of sp³-hybridized carbons (Fsp3) is 0.0244. The molecule has 0 spiro atoms. The van der Waals surface area contributed by atoms with Crippen molar-refractivity contribution in [2.24, 2.45) is 0 Å². The first kappa shape index (κ1) is 21.6. The Bertz CT molecular complexity index is 2600. The zero-order valence-electron chi connectivity index (χ0n) is 22.4. The van der Waals surface area contributed by atoms with Crippen molar-refractivity contribution in [2.45, 2.75) is 6.42 Å². The molecule has 0 atom stereocenters. The van der Waals surface area contributed by atoms with Gasteiger partial charge in [-0.3, -0.25) is 0 Å². The first-order valence-electron chi connectivity index (χ1n) is 14.4. The zero-order valence-corrected chi connectivity index (χ0v) is 22.4. The van der Waals surface area contributed by atoms with Gasteiger partial charge in [0.15, 0.2) is 0 Å². The molecule has 0 saturated carbocycles. The first-order valence-corrected chi connectivity index (χ1v) is 14.4. The van der Waals surface area contributed by atoms with Crippen molar-refractivity contribution in [3.63, 3.8) is 0 Å². The highest BCUT2D eigenvalue weighted by molar-refractivity contribution is 6.11. The van der Waals surface area contributed by atoms with Crippen molar-refractivity contribution in [3.05, 3.63) is 145 Å². The molecule has 188 valence electrons. The van der Waals surface area contributed by atoms with Crippen LogP contribution in [0.4, 0.5) is 0 Å². The quantitative estimate of drug-likeness (QED) is 0.176. The predicted molar refractivity (Wildman–Crippen MR) is 177 cm³/mol. The molecule has 0 aromatic heterocycles. The highest BCUT2D eigenvalue weighted by atomic mass is 14.2. The minimum atomic E-state index is 0.999. The van der Waals surface area contributed by atoms with Crippen LogP contribution >= 0.6 is 0 Å². The van der Waals surface area contributed by atoms with Gasteiger partial charge in [-0.2, -0.15) is 0 Å². The molecule has 0 heterocycles. The summed E-state index contributed by atoms with van der Waals surface area (Å²) < 4.78 is 0. The van der Waals surface area contributed by atoms with Crippen molar-refractivity contribution < 1.29 is 0 Å². The van der Waals surface area contributed by atoms with E-state index in [1.807, 2.05) is 0 Å².